The van der Waals surface area contributed by atoms with E-state index in [1.165, 1.54) is 28.3 Å². The Hall–Kier alpha value is -2.76. The molecule has 0 aromatic heterocycles. The quantitative estimate of drug-likeness (QED) is 0.496. The van der Waals surface area contributed by atoms with E-state index < -0.39 is 5.91 Å². The highest BCUT2D eigenvalue weighted by molar-refractivity contribution is 5.90. The zero-order chi connectivity index (χ0) is 18.8. The molecule has 138 valence electrons. The zero-order valence-corrected chi connectivity index (χ0v) is 14.9. The molecule has 0 saturated carbocycles. The molecule has 1 aliphatic carbocycles. The van der Waals surface area contributed by atoms with Gasteiger partial charge < -0.3 is 0 Å². The number of nitrogens with zero attached hydrogens (tertiary/aromatic N) is 1. The molecule has 4 rings (SSSR count). The summed E-state index contributed by atoms with van der Waals surface area (Å²) < 4.78 is 13.7. The first-order valence-corrected chi connectivity index (χ1v) is 9.05. The number of fused-ring (bicyclic) bond motifs is 2. The van der Waals surface area contributed by atoms with Crippen molar-refractivity contribution < 1.29 is 14.4 Å². The van der Waals surface area contributed by atoms with Crippen molar-refractivity contribution in [3.63, 3.8) is 0 Å². The van der Waals surface area contributed by atoms with Crippen LogP contribution in [0.15, 0.2) is 54.1 Å². The molecule has 2 N–H and O–H groups in total. The number of hydrogen-bond donors (Lipinski definition) is 2. The maximum atomic E-state index is 13.7. The molecule has 27 heavy (non-hydrogen) atoms. The number of hydroxylamine groups is 1. The standard InChI is InChI=1S/C22H21FN2O2/c23-19-7-6-17-11-18-9-10-25(14-21(18)20(17)12-19)13-16-3-1-15(2-4-16)5-8-22(26)24-27/h1-8,12,27H,9-11,13-14H2,(H,24,26)/b8-5+. The molecule has 0 fully saturated rings. The van der Waals surface area contributed by atoms with Crippen LogP contribution in [0.3, 0.4) is 0 Å². The van der Waals surface area contributed by atoms with E-state index >= 15 is 0 Å². The Kier molecular flexibility index (Phi) is 4.88. The SMILES string of the molecule is O=C(/C=C/c1ccc(CN2CCC3=C(C2)c2cc(F)ccc2C3)cc1)NO. The topological polar surface area (TPSA) is 52.6 Å². The second kappa shape index (κ2) is 7.47. The van der Waals surface area contributed by atoms with Crippen molar-refractivity contribution in [1.29, 1.82) is 0 Å². The Bertz CT molecular complexity index is 932. The van der Waals surface area contributed by atoms with Gasteiger partial charge in [-0.2, -0.15) is 0 Å². The normalized spacial score (nSPS) is 16.5. The molecule has 2 aliphatic rings. The largest absolute Gasteiger partial charge is 0.294 e. The van der Waals surface area contributed by atoms with E-state index in [1.807, 2.05) is 30.3 Å². The van der Waals surface area contributed by atoms with Crippen LogP contribution < -0.4 is 5.48 Å². The Morgan fingerprint density at radius 2 is 2.04 bits per heavy atom. The highest BCUT2D eigenvalue weighted by Gasteiger charge is 2.27. The minimum Gasteiger partial charge on any atom is -0.294 e. The molecule has 5 heteroatoms. The highest BCUT2D eigenvalue weighted by atomic mass is 19.1. The monoisotopic (exact) mass is 364 g/mol. The molecule has 0 atom stereocenters. The van der Waals surface area contributed by atoms with Crippen molar-refractivity contribution in [2.75, 3.05) is 13.1 Å². The Morgan fingerprint density at radius 1 is 1.22 bits per heavy atom. The smallest absolute Gasteiger partial charge is 0.267 e. The van der Waals surface area contributed by atoms with Gasteiger partial charge in [-0.05, 0) is 58.9 Å². The van der Waals surface area contributed by atoms with Gasteiger partial charge in [0.2, 0.25) is 0 Å². The molecule has 2 aromatic carbocycles. The average molecular weight is 364 g/mol. The molecule has 0 unspecified atom stereocenters. The van der Waals surface area contributed by atoms with Gasteiger partial charge in [0.15, 0.2) is 0 Å². The Morgan fingerprint density at radius 3 is 2.81 bits per heavy atom. The second-order valence-corrected chi connectivity index (χ2v) is 7.07. The van der Waals surface area contributed by atoms with E-state index in [2.05, 4.69) is 4.90 Å². The minimum atomic E-state index is -0.551. The lowest BCUT2D eigenvalue weighted by Crippen LogP contribution is -2.30. The summed E-state index contributed by atoms with van der Waals surface area (Å²) in [5.41, 5.74) is 8.73. The molecular weight excluding hydrogens is 343 g/mol. The van der Waals surface area contributed by atoms with Gasteiger partial charge in [-0.25, -0.2) is 9.87 Å². The van der Waals surface area contributed by atoms with Gasteiger partial charge in [-0.3, -0.25) is 14.9 Å². The molecule has 1 heterocycles. The molecule has 0 spiro atoms. The van der Waals surface area contributed by atoms with Crippen LogP contribution in [-0.2, 0) is 17.8 Å². The lowest BCUT2D eigenvalue weighted by Gasteiger charge is -2.28. The molecule has 0 saturated heterocycles. The van der Waals surface area contributed by atoms with Crippen LogP contribution in [-0.4, -0.2) is 29.1 Å². The molecule has 4 nitrogen and oxygen atoms in total. The van der Waals surface area contributed by atoms with Crippen molar-refractivity contribution in [3.8, 4) is 0 Å². The first-order valence-electron chi connectivity index (χ1n) is 9.05. The molecule has 1 amide bonds. The van der Waals surface area contributed by atoms with E-state index in [0.717, 1.165) is 43.6 Å². The summed E-state index contributed by atoms with van der Waals surface area (Å²) in [4.78, 5) is 13.4. The predicted molar refractivity (Wildman–Crippen MR) is 102 cm³/mol. The number of amides is 1. The summed E-state index contributed by atoms with van der Waals surface area (Å²) in [5, 5.41) is 8.50. The summed E-state index contributed by atoms with van der Waals surface area (Å²) >= 11 is 0. The lowest BCUT2D eigenvalue weighted by atomic mass is 9.99. The first-order chi connectivity index (χ1) is 13.1. The third kappa shape index (κ3) is 3.84. The van der Waals surface area contributed by atoms with Gasteiger partial charge >= 0.3 is 0 Å². The number of nitrogens with one attached hydrogen (secondary N) is 1. The molecular formula is C22H21FN2O2. The number of rotatable bonds is 4. The van der Waals surface area contributed by atoms with Crippen molar-refractivity contribution in [3.05, 3.63) is 82.2 Å². The van der Waals surface area contributed by atoms with E-state index in [4.69, 9.17) is 5.21 Å². The minimum absolute atomic E-state index is 0.168. The van der Waals surface area contributed by atoms with E-state index in [-0.39, 0.29) is 5.82 Å². The van der Waals surface area contributed by atoms with Gasteiger partial charge in [0.1, 0.15) is 5.82 Å². The number of benzene rings is 2. The summed E-state index contributed by atoms with van der Waals surface area (Å²) in [5.74, 6) is -0.720. The maximum absolute atomic E-state index is 13.7. The van der Waals surface area contributed by atoms with Gasteiger partial charge in [0.25, 0.3) is 5.91 Å². The summed E-state index contributed by atoms with van der Waals surface area (Å²) in [7, 11) is 0. The maximum Gasteiger partial charge on any atom is 0.267 e. The van der Waals surface area contributed by atoms with Crippen LogP contribution in [0.2, 0.25) is 0 Å². The van der Waals surface area contributed by atoms with Gasteiger partial charge in [-0.1, -0.05) is 35.9 Å². The van der Waals surface area contributed by atoms with E-state index in [0.29, 0.717) is 0 Å². The summed E-state index contributed by atoms with van der Waals surface area (Å²) in [6.45, 7) is 2.69. The van der Waals surface area contributed by atoms with E-state index in [9.17, 15) is 9.18 Å². The lowest BCUT2D eigenvalue weighted by molar-refractivity contribution is -0.124. The second-order valence-electron chi connectivity index (χ2n) is 7.07. The van der Waals surface area contributed by atoms with Crippen molar-refractivity contribution >= 4 is 17.6 Å². The fourth-order valence-corrected chi connectivity index (χ4v) is 3.88. The number of hydrogen-bond acceptors (Lipinski definition) is 3. The molecule has 0 radical (unpaired) electrons. The van der Waals surface area contributed by atoms with Crippen molar-refractivity contribution in [2.45, 2.75) is 19.4 Å². The van der Waals surface area contributed by atoms with Crippen LogP contribution in [0.5, 0.6) is 0 Å². The van der Waals surface area contributed by atoms with Gasteiger partial charge in [0.05, 0.1) is 0 Å². The Labute approximate surface area is 157 Å². The molecule has 0 bridgehead atoms. The third-order valence-corrected chi connectivity index (χ3v) is 5.26. The summed E-state index contributed by atoms with van der Waals surface area (Å²) in [6.07, 6.45) is 4.92. The number of carbonyl (C=O) groups excluding carboxylic acids is 1. The fourth-order valence-electron chi connectivity index (χ4n) is 3.88. The molecule has 2 aromatic rings. The summed E-state index contributed by atoms with van der Waals surface area (Å²) in [6, 6.07) is 13.1. The molecule has 1 aliphatic heterocycles. The number of carbonyl (C=O) groups is 1. The van der Waals surface area contributed by atoms with E-state index in [1.54, 1.807) is 23.7 Å². The van der Waals surface area contributed by atoms with Crippen LogP contribution in [0.25, 0.3) is 11.6 Å². The van der Waals surface area contributed by atoms with Gasteiger partial charge in [-0.15, -0.1) is 0 Å². The van der Waals surface area contributed by atoms with Gasteiger partial charge in [0, 0.05) is 25.7 Å². The van der Waals surface area contributed by atoms with Crippen LogP contribution >= 0.6 is 0 Å². The average Bonchev–Trinajstić information content (AvgIpc) is 3.04. The zero-order valence-electron chi connectivity index (χ0n) is 14.9. The Balaban J connectivity index is 1.43. The van der Waals surface area contributed by atoms with Crippen LogP contribution in [0.1, 0.15) is 28.7 Å². The third-order valence-electron chi connectivity index (χ3n) is 5.26. The van der Waals surface area contributed by atoms with Crippen molar-refractivity contribution in [1.82, 2.24) is 10.4 Å². The highest BCUT2D eigenvalue weighted by Crippen LogP contribution is 2.38. The van der Waals surface area contributed by atoms with Crippen LogP contribution in [0, 0.1) is 5.82 Å². The van der Waals surface area contributed by atoms with Crippen LogP contribution in [0.4, 0.5) is 4.39 Å². The number of halogens is 1. The van der Waals surface area contributed by atoms with Crippen molar-refractivity contribution in [2.24, 2.45) is 0 Å². The first kappa shape index (κ1) is 17.6. The fraction of sp³-hybridized carbons (Fsp3) is 0.227. The predicted octanol–water partition coefficient (Wildman–Crippen LogP) is 3.56.